The first-order chi connectivity index (χ1) is 8.63. The fourth-order valence-corrected chi connectivity index (χ4v) is 3.26. The number of hydrogen-bond acceptors (Lipinski definition) is 3. The van der Waals surface area contributed by atoms with Crippen molar-refractivity contribution < 1.29 is 0 Å². The van der Waals surface area contributed by atoms with Gasteiger partial charge >= 0.3 is 0 Å². The molecule has 0 atom stereocenters. The van der Waals surface area contributed by atoms with Crippen LogP contribution in [-0.2, 0) is 13.1 Å². The van der Waals surface area contributed by atoms with Gasteiger partial charge in [0.15, 0.2) is 0 Å². The van der Waals surface area contributed by atoms with E-state index in [1.165, 1.54) is 28.3 Å². The summed E-state index contributed by atoms with van der Waals surface area (Å²) in [5, 5.41) is 3.47. The van der Waals surface area contributed by atoms with Crippen LogP contribution >= 0.6 is 11.3 Å². The smallest absolute Gasteiger partial charge is 0.0331 e. The number of thiophene rings is 1. The number of nitrogens with zero attached hydrogens (tertiary/aromatic N) is 1. The quantitative estimate of drug-likeness (QED) is 0.820. The van der Waals surface area contributed by atoms with Gasteiger partial charge in [0.2, 0.25) is 0 Å². The zero-order valence-electron chi connectivity index (χ0n) is 11.7. The van der Waals surface area contributed by atoms with Crippen LogP contribution in [0.5, 0.6) is 0 Å². The van der Waals surface area contributed by atoms with Crippen molar-refractivity contribution in [2.75, 3.05) is 13.1 Å². The zero-order valence-corrected chi connectivity index (χ0v) is 12.5. The molecule has 0 spiro atoms. The summed E-state index contributed by atoms with van der Waals surface area (Å²) in [7, 11) is 0. The number of nitrogens with one attached hydrogen (secondary N) is 1. The monoisotopic (exact) mass is 264 g/mol. The Bertz CT molecular complexity index is 406. The van der Waals surface area contributed by atoms with Crippen molar-refractivity contribution in [1.82, 2.24) is 10.2 Å². The summed E-state index contributed by atoms with van der Waals surface area (Å²) in [6.45, 7) is 11.1. The molecular formula is C15H24N2S. The predicted octanol–water partition coefficient (Wildman–Crippen LogP) is 3.40. The molecule has 0 saturated heterocycles. The van der Waals surface area contributed by atoms with E-state index < -0.39 is 0 Å². The third-order valence-electron chi connectivity index (χ3n) is 3.19. The van der Waals surface area contributed by atoms with Gasteiger partial charge < -0.3 is 5.32 Å². The number of rotatable bonds is 5. The molecule has 2 heterocycles. The Labute approximate surface area is 115 Å². The van der Waals surface area contributed by atoms with E-state index in [2.05, 4.69) is 49.2 Å². The van der Waals surface area contributed by atoms with E-state index in [1.54, 1.807) is 0 Å². The van der Waals surface area contributed by atoms with Gasteiger partial charge in [-0.3, -0.25) is 4.90 Å². The molecule has 2 rings (SSSR count). The van der Waals surface area contributed by atoms with Gasteiger partial charge in [-0.15, -0.1) is 11.3 Å². The molecule has 0 aromatic carbocycles. The van der Waals surface area contributed by atoms with Gasteiger partial charge in [-0.05, 0) is 25.5 Å². The third-order valence-corrected chi connectivity index (χ3v) is 4.26. The molecule has 1 N–H and O–H groups in total. The molecule has 1 aromatic rings. The van der Waals surface area contributed by atoms with Crippen LogP contribution in [0.4, 0.5) is 0 Å². The highest BCUT2D eigenvalue weighted by Gasteiger charge is 2.11. The lowest BCUT2D eigenvalue weighted by Gasteiger charge is -2.25. The predicted molar refractivity (Wildman–Crippen MR) is 79.9 cm³/mol. The second-order valence-electron chi connectivity index (χ2n) is 5.45. The summed E-state index contributed by atoms with van der Waals surface area (Å²) < 4.78 is 0. The van der Waals surface area contributed by atoms with Gasteiger partial charge in [0, 0.05) is 42.0 Å². The summed E-state index contributed by atoms with van der Waals surface area (Å²) in [5.74, 6) is 0. The lowest BCUT2D eigenvalue weighted by Crippen LogP contribution is -2.28. The lowest BCUT2D eigenvalue weighted by molar-refractivity contribution is 0.285. The van der Waals surface area contributed by atoms with Crippen molar-refractivity contribution in [2.24, 2.45) is 0 Å². The van der Waals surface area contributed by atoms with Gasteiger partial charge in [0.25, 0.3) is 0 Å². The minimum Gasteiger partial charge on any atom is -0.310 e. The maximum Gasteiger partial charge on any atom is 0.0331 e. The molecule has 2 nitrogen and oxygen atoms in total. The largest absolute Gasteiger partial charge is 0.310 e. The molecule has 0 amide bonds. The molecule has 0 radical (unpaired) electrons. The van der Waals surface area contributed by atoms with Gasteiger partial charge in [0.1, 0.15) is 0 Å². The van der Waals surface area contributed by atoms with Crippen LogP contribution in [0.3, 0.4) is 0 Å². The van der Waals surface area contributed by atoms with Crippen LogP contribution in [0, 0.1) is 0 Å². The first kappa shape index (κ1) is 13.8. The summed E-state index contributed by atoms with van der Waals surface area (Å²) in [6.07, 6.45) is 3.57. The standard InChI is InChI=1S/C15H24N2S/c1-12(2)16-9-14-6-7-15(18-14)11-17-8-4-5-13(3)10-17/h5-7,12,16H,4,8-11H2,1-3H3. The molecular weight excluding hydrogens is 240 g/mol. The molecule has 0 saturated carbocycles. The van der Waals surface area contributed by atoms with Crippen LogP contribution in [0.15, 0.2) is 23.8 Å². The van der Waals surface area contributed by atoms with Crippen LogP contribution in [-0.4, -0.2) is 24.0 Å². The SMILES string of the molecule is CC1=CCCN(Cc2ccc(CNC(C)C)s2)C1. The van der Waals surface area contributed by atoms with E-state index in [4.69, 9.17) is 0 Å². The van der Waals surface area contributed by atoms with Crippen molar-refractivity contribution in [1.29, 1.82) is 0 Å². The van der Waals surface area contributed by atoms with E-state index in [9.17, 15) is 0 Å². The Hall–Kier alpha value is -0.640. The van der Waals surface area contributed by atoms with Crippen molar-refractivity contribution in [3.63, 3.8) is 0 Å². The van der Waals surface area contributed by atoms with Crippen LogP contribution in [0.2, 0.25) is 0 Å². The van der Waals surface area contributed by atoms with Crippen molar-refractivity contribution >= 4 is 11.3 Å². The van der Waals surface area contributed by atoms with E-state index in [1.807, 2.05) is 11.3 Å². The highest BCUT2D eigenvalue weighted by molar-refractivity contribution is 7.11. The van der Waals surface area contributed by atoms with E-state index in [0.717, 1.165) is 19.6 Å². The first-order valence-electron chi connectivity index (χ1n) is 6.82. The van der Waals surface area contributed by atoms with Crippen molar-refractivity contribution in [3.8, 4) is 0 Å². The Morgan fingerprint density at radius 2 is 2.11 bits per heavy atom. The fraction of sp³-hybridized carbons (Fsp3) is 0.600. The molecule has 18 heavy (non-hydrogen) atoms. The van der Waals surface area contributed by atoms with E-state index in [0.29, 0.717) is 6.04 Å². The average molecular weight is 264 g/mol. The molecule has 0 bridgehead atoms. The molecule has 0 unspecified atom stereocenters. The Morgan fingerprint density at radius 1 is 1.33 bits per heavy atom. The maximum absolute atomic E-state index is 3.47. The fourth-order valence-electron chi connectivity index (χ4n) is 2.25. The maximum atomic E-state index is 3.47. The van der Waals surface area contributed by atoms with Gasteiger partial charge in [-0.1, -0.05) is 25.5 Å². The third kappa shape index (κ3) is 4.23. The molecule has 1 aromatic heterocycles. The molecule has 1 aliphatic rings. The van der Waals surface area contributed by atoms with Gasteiger partial charge in [-0.25, -0.2) is 0 Å². The molecule has 3 heteroatoms. The second-order valence-corrected chi connectivity index (χ2v) is 6.71. The van der Waals surface area contributed by atoms with Crippen LogP contribution in [0.1, 0.15) is 36.9 Å². The second kappa shape index (κ2) is 6.50. The number of hydrogen-bond donors (Lipinski definition) is 1. The topological polar surface area (TPSA) is 15.3 Å². The molecule has 1 aliphatic heterocycles. The molecule has 0 aliphatic carbocycles. The van der Waals surface area contributed by atoms with E-state index in [-0.39, 0.29) is 0 Å². The van der Waals surface area contributed by atoms with Crippen LogP contribution < -0.4 is 5.32 Å². The van der Waals surface area contributed by atoms with Gasteiger partial charge in [-0.2, -0.15) is 0 Å². The normalized spacial score (nSPS) is 17.2. The van der Waals surface area contributed by atoms with E-state index >= 15 is 0 Å². The highest BCUT2D eigenvalue weighted by Crippen LogP contribution is 2.20. The average Bonchev–Trinajstić information content (AvgIpc) is 2.74. The van der Waals surface area contributed by atoms with Crippen molar-refractivity contribution in [2.45, 2.75) is 46.3 Å². The van der Waals surface area contributed by atoms with Crippen molar-refractivity contribution in [3.05, 3.63) is 33.5 Å². The summed E-state index contributed by atoms with van der Waals surface area (Å²) in [5.41, 5.74) is 1.51. The van der Waals surface area contributed by atoms with Crippen LogP contribution in [0.25, 0.3) is 0 Å². The summed E-state index contributed by atoms with van der Waals surface area (Å²) in [6, 6.07) is 5.11. The Morgan fingerprint density at radius 3 is 2.83 bits per heavy atom. The summed E-state index contributed by atoms with van der Waals surface area (Å²) >= 11 is 1.95. The zero-order chi connectivity index (χ0) is 13.0. The molecule has 100 valence electrons. The minimum absolute atomic E-state index is 0.561. The van der Waals surface area contributed by atoms with Gasteiger partial charge in [0.05, 0.1) is 0 Å². The minimum atomic E-state index is 0.561. The first-order valence-corrected chi connectivity index (χ1v) is 7.64. The Kier molecular flexibility index (Phi) is 4.98. The highest BCUT2D eigenvalue weighted by atomic mass is 32.1. The molecule has 0 fully saturated rings. The summed E-state index contributed by atoms with van der Waals surface area (Å²) in [4.78, 5) is 5.48. The Balaban J connectivity index is 1.84. The lowest BCUT2D eigenvalue weighted by atomic mass is 10.1.